The molecule has 0 amide bonds. The molecule has 0 unspecified atom stereocenters. The summed E-state index contributed by atoms with van der Waals surface area (Å²) in [4.78, 5) is 7.81. The summed E-state index contributed by atoms with van der Waals surface area (Å²) in [5.41, 5.74) is 15.7. The number of aryl methyl sites for hydroxylation is 2. The van der Waals surface area contributed by atoms with E-state index in [1.807, 2.05) is 23.5 Å². The standard InChI is InChI=1S/C46H35BN2S2/c1-4-31-27-32(48-37-20-8-6-16-33(37)34-17-7-9-21-38(34)48)28-40-45(31)47(35-18-13-25-42(30(35)3)50-41-23-11-5-15-29(41)2)36-19-14-26-44-46(36)49(40)39-22-10-12-24-43(39)51-44/h5-28H,4H2,1-3H3. The van der Waals surface area contributed by atoms with Crippen molar-refractivity contribution in [3.8, 4) is 5.69 Å². The molecule has 0 fully saturated rings. The molecule has 7 aromatic carbocycles. The Morgan fingerprint density at radius 3 is 2.04 bits per heavy atom. The van der Waals surface area contributed by atoms with Gasteiger partial charge in [-0.05, 0) is 102 Å². The zero-order valence-electron chi connectivity index (χ0n) is 28.9. The van der Waals surface area contributed by atoms with E-state index < -0.39 is 0 Å². The third-order valence-electron chi connectivity index (χ3n) is 10.8. The fourth-order valence-corrected chi connectivity index (χ4v) is 10.6. The fraction of sp³-hybridized carbons (Fsp3) is 0.0870. The molecule has 244 valence electrons. The highest BCUT2D eigenvalue weighted by atomic mass is 32.2. The van der Waals surface area contributed by atoms with Gasteiger partial charge in [-0.2, -0.15) is 0 Å². The van der Waals surface area contributed by atoms with Crippen LogP contribution >= 0.6 is 23.5 Å². The van der Waals surface area contributed by atoms with Crippen molar-refractivity contribution in [1.29, 1.82) is 0 Å². The van der Waals surface area contributed by atoms with E-state index in [4.69, 9.17) is 0 Å². The van der Waals surface area contributed by atoms with Gasteiger partial charge in [0.15, 0.2) is 0 Å². The molecule has 0 radical (unpaired) electrons. The first-order valence-electron chi connectivity index (χ1n) is 17.8. The maximum absolute atomic E-state index is 2.58. The molecule has 0 bridgehead atoms. The summed E-state index contributed by atoms with van der Waals surface area (Å²) in [6, 6.07) is 54.2. The van der Waals surface area contributed by atoms with E-state index in [1.54, 1.807) is 0 Å². The molecular formula is C46H35BN2S2. The van der Waals surface area contributed by atoms with Crippen LogP contribution in [0.1, 0.15) is 23.6 Å². The lowest BCUT2D eigenvalue weighted by Gasteiger charge is -2.42. The second-order valence-electron chi connectivity index (χ2n) is 13.6. The number of hydrogen-bond acceptors (Lipinski definition) is 3. The SMILES string of the molecule is CCc1cc(-n2c3ccccc3c3ccccc32)cc2c1B(c1cccc(Sc3ccccc3C)c1C)c1cccc3c1N2c1ccccc1S3. The Balaban J connectivity index is 1.27. The number of anilines is 3. The second kappa shape index (κ2) is 12.0. The largest absolute Gasteiger partial charge is 0.309 e. The molecule has 2 nitrogen and oxygen atoms in total. The van der Waals surface area contributed by atoms with Crippen molar-refractivity contribution >= 4 is 85.5 Å². The molecule has 8 aromatic rings. The van der Waals surface area contributed by atoms with Crippen LogP contribution in [0.15, 0.2) is 165 Å². The van der Waals surface area contributed by atoms with E-state index in [9.17, 15) is 0 Å². The van der Waals surface area contributed by atoms with E-state index in [0.29, 0.717) is 0 Å². The lowest BCUT2D eigenvalue weighted by Crippen LogP contribution is -2.59. The maximum atomic E-state index is 2.58. The number of hydrogen-bond donors (Lipinski definition) is 0. The van der Waals surface area contributed by atoms with Crippen molar-refractivity contribution in [3.63, 3.8) is 0 Å². The van der Waals surface area contributed by atoms with Crippen LogP contribution in [0.5, 0.6) is 0 Å². The molecule has 1 aromatic heterocycles. The molecule has 0 saturated heterocycles. The van der Waals surface area contributed by atoms with Crippen LogP contribution in [0.25, 0.3) is 27.5 Å². The quantitative estimate of drug-likeness (QED) is 0.166. The number of fused-ring (bicyclic) bond motifs is 7. The van der Waals surface area contributed by atoms with Crippen molar-refractivity contribution in [2.24, 2.45) is 0 Å². The minimum atomic E-state index is 0.0941. The minimum absolute atomic E-state index is 0.0941. The van der Waals surface area contributed by atoms with Gasteiger partial charge in [-0.25, -0.2) is 0 Å². The van der Waals surface area contributed by atoms with Gasteiger partial charge in [-0.1, -0.05) is 127 Å². The smallest absolute Gasteiger partial charge is 0.247 e. The molecule has 0 saturated carbocycles. The van der Waals surface area contributed by atoms with Crippen LogP contribution in [0.2, 0.25) is 0 Å². The Morgan fingerprint density at radius 2 is 1.25 bits per heavy atom. The predicted molar refractivity (Wildman–Crippen MR) is 220 cm³/mol. The van der Waals surface area contributed by atoms with Crippen molar-refractivity contribution in [1.82, 2.24) is 4.57 Å². The highest BCUT2D eigenvalue weighted by Gasteiger charge is 2.41. The molecule has 0 aliphatic carbocycles. The van der Waals surface area contributed by atoms with Crippen molar-refractivity contribution in [2.45, 2.75) is 46.8 Å². The first-order chi connectivity index (χ1) is 25.1. The number of para-hydroxylation sites is 4. The van der Waals surface area contributed by atoms with Crippen molar-refractivity contribution < 1.29 is 0 Å². The van der Waals surface area contributed by atoms with E-state index in [1.165, 1.54) is 97.2 Å². The van der Waals surface area contributed by atoms with E-state index in [2.05, 4.69) is 176 Å². The molecule has 10 rings (SSSR count). The number of nitrogens with zero attached hydrogens (tertiary/aromatic N) is 2. The van der Waals surface area contributed by atoms with E-state index in [0.717, 1.165) is 6.42 Å². The van der Waals surface area contributed by atoms with Crippen LogP contribution in [0, 0.1) is 13.8 Å². The summed E-state index contributed by atoms with van der Waals surface area (Å²) < 4.78 is 2.48. The van der Waals surface area contributed by atoms with E-state index in [-0.39, 0.29) is 6.71 Å². The Morgan fingerprint density at radius 1 is 0.608 bits per heavy atom. The van der Waals surface area contributed by atoms with Gasteiger partial charge in [0, 0.05) is 41.7 Å². The van der Waals surface area contributed by atoms with Crippen molar-refractivity contribution in [3.05, 3.63) is 162 Å². The average Bonchev–Trinajstić information content (AvgIpc) is 3.51. The molecule has 2 aliphatic rings. The molecule has 51 heavy (non-hydrogen) atoms. The molecular weight excluding hydrogens is 655 g/mol. The number of rotatable bonds is 5. The zero-order valence-corrected chi connectivity index (χ0v) is 30.5. The summed E-state index contributed by atoms with van der Waals surface area (Å²) in [5.74, 6) is 0. The van der Waals surface area contributed by atoms with Gasteiger partial charge in [0.2, 0.25) is 6.71 Å². The molecule has 2 aliphatic heterocycles. The van der Waals surface area contributed by atoms with Crippen LogP contribution in [-0.4, -0.2) is 11.3 Å². The Kier molecular flexibility index (Phi) is 7.23. The first-order valence-corrected chi connectivity index (χ1v) is 19.4. The Hall–Kier alpha value is -5.10. The monoisotopic (exact) mass is 690 g/mol. The topological polar surface area (TPSA) is 8.17 Å². The molecule has 3 heterocycles. The van der Waals surface area contributed by atoms with Crippen LogP contribution < -0.4 is 21.3 Å². The number of benzene rings is 7. The third-order valence-corrected chi connectivity index (χ3v) is 13.3. The predicted octanol–water partition coefficient (Wildman–Crippen LogP) is 10.9. The van der Waals surface area contributed by atoms with Gasteiger partial charge in [-0.15, -0.1) is 0 Å². The molecule has 0 N–H and O–H groups in total. The molecule has 5 heteroatoms. The first kappa shape index (κ1) is 30.7. The second-order valence-corrected chi connectivity index (χ2v) is 15.8. The summed E-state index contributed by atoms with van der Waals surface area (Å²) in [5, 5.41) is 2.57. The highest BCUT2D eigenvalue weighted by molar-refractivity contribution is 8.00. The third kappa shape index (κ3) is 4.68. The van der Waals surface area contributed by atoms with Gasteiger partial charge < -0.3 is 9.47 Å². The highest BCUT2D eigenvalue weighted by Crippen LogP contribution is 2.52. The summed E-state index contributed by atoms with van der Waals surface area (Å²) in [7, 11) is 0. The van der Waals surface area contributed by atoms with Crippen LogP contribution in [0.3, 0.4) is 0 Å². The molecule has 0 atom stereocenters. The van der Waals surface area contributed by atoms with Gasteiger partial charge in [-0.3, -0.25) is 0 Å². The van der Waals surface area contributed by atoms with E-state index >= 15 is 0 Å². The lowest BCUT2D eigenvalue weighted by molar-refractivity contribution is 1.10. The lowest BCUT2D eigenvalue weighted by atomic mass is 9.33. The van der Waals surface area contributed by atoms with Gasteiger partial charge >= 0.3 is 0 Å². The van der Waals surface area contributed by atoms with Crippen molar-refractivity contribution in [2.75, 3.05) is 4.90 Å². The molecule has 0 spiro atoms. The Labute approximate surface area is 308 Å². The van der Waals surface area contributed by atoms with Gasteiger partial charge in [0.05, 0.1) is 22.4 Å². The summed E-state index contributed by atoms with van der Waals surface area (Å²) >= 11 is 3.78. The average molecular weight is 691 g/mol. The maximum Gasteiger partial charge on any atom is 0.247 e. The number of aromatic nitrogens is 1. The Bertz CT molecular complexity index is 2640. The van der Waals surface area contributed by atoms with Gasteiger partial charge in [0.1, 0.15) is 0 Å². The normalized spacial score (nSPS) is 13.0. The zero-order chi connectivity index (χ0) is 34.2. The summed E-state index contributed by atoms with van der Waals surface area (Å²) in [6.07, 6.45) is 0.930. The minimum Gasteiger partial charge on any atom is -0.309 e. The van der Waals surface area contributed by atoms with Crippen LogP contribution in [0.4, 0.5) is 17.1 Å². The summed E-state index contributed by atoms with van der Waals surface area (Å²) in [6.45, 7) is 6.96. The fourth-order valence-electron chi connectivity index (χ4n) is 8.45. The van der Waals surface area contributed by atoms with Gasteiger partial charge in [0.25, 0.3) is 0 Å². The van der Waals surface area contributed by atoms with Crippen LogP contribution in [-0.2, 0) is 6.42 Å².